The predicted molar refractivity (Wildman–Crippen MR) is 118 cm³/mol. The zero-order valence-corrected chi connectivity index (χ0v) is 18.1. The Labute approximate surface area is 177 Å². The Morgan fingerprint density at radius 2 is 1.85 bits per heavy atom. The number of piperidine rings is 1. The highest BCUT2D eigenvalue weighted by Crippen LogP contribution is 2.23. The fourth-order valence-corrected chi connectivity index (χ4v) is 3.90. The van der Waals surface area contributed by atoms with E-state index in [0.717, 1.165) is 24.0 Å². The lowest BCUT2D eigenvalue weighted by molar-refractivity contribution is 0.0488. The summed E-state index contributed by atoms with van der Waals surface area (Å²) in [6.45, 7) is 7.43. The van der Waals surface area contributed by atoms with Crippen molar-refractivity contribution >= 4 is 42.9 Å². The molecule has 1 unspecified atom stereocenters. The number of para-hydroxylation sites is 2. The molecule has 2 heterocycles. The Hall–Kier alpha value is -0.390. The zero-order valence-electron chi connectivity index (χ0n) is 15.7. The van der Waals surface area contributed by atoms with Crippen LogP contribution in [0.3, 0.4) is 0 Å². The largest absolute Gasteiger partial charge is 0.495 e. The fourth-order valence-electron chi connectivity index (χ4n) is 3.90. The molecule has 2 saturated heterocycles. The first-order valence-corrected chi connectivity index (χ1v) is 9.20. The number of ether oxygens (including phenoxy) is 1. The molecule has 0 radical (unpaired) electrons. The van der Waals surface area contributed by atoms with Crippen LogP contribution in [0.1, 0.15) is 32.1 Å². The van der Waals surface area contributed by atoms with Crippen LogP contribution < -0.4 is 10.1 Å². The van der Waals surface area contributed by atoms with Gasteiger partial charge in [-0.2, -0.15) is 0 Å². The van der Waals surface area contributed by atoms with Crippen molar-refractivity contribution < 1.29 is 4.74 Å². The molecule has 3 rings (SSSR count). The molecule has 2 aliphatic rings. The van der Waals surface area contributed by atoms with E-state index < -0.39 is 0 Å². The van der Waals surface area contributed by atoms with Gasteiger partial charge < -0.3 is 15.0 Å². The summed E-state index contributed by atoms with van der Waals surface area (Å²) < 4.78 is 5.37. The van der Waals surface area contributed by atoms with Crippen molar-refractivity contribution in [2.24, 2.45) is 0 Å². The average Bonchev–Trinajstić information content (AvgIpc) is 2.61. The summed E-state index contributed by atoms with van der Waals surface area (Å²) >= 11 is 0. The van der Waals surface area contributed by atoms with Crippen LogP contribution in [-0.4, -0.2) is 62.2 Å². The smallest absolute Gasteiger partial charge is 0.141 e. The first kappa shape index (κ1) is 25.6. The maximum Gasteiger partial charge on any atom is 0.141 e. The van der Waals surface area contributed by atoms with Gasteiger partial charge in [0.25, 0.3) is 0 Å². The maximum absolute atomic E-state index is 5.37. The molecular weight excluding hydrogens is 393 g/mol. The topological polar surface area (TPSA) is 27.7 Å². The van der Waals surface area contributed by atoms with Crippen LogP contribution in [0.15, 0.2) is 24.3 Å². The highest BCUT2D eigenvalue weighted by atomic mass is 35.5. The van der Waals surface area contributed by atoms with Gasteiger partial charge in [-0.3, -0.25) is 4.90 Å². The van der Waals surface area contributed by atoms with E-state index in [-0.39, 0.29) is 37.2 Å². The number of methoxy groups -OCH3 is 1. The zero-order chi connectivity index (χ0) is 15.9. The van der Waals surface area contributed by atoms with Gasteiger partial charge in [0.1, 0.15) is 5.75 Å². The predicted octanol–water partition coefficient (Wildman–Crippen LogP) is 4.32. The first-order valence-electron chi connectivity index (χ1n) is 9.20. The molecule has 1 aromatic rings. The van der Waals surface area contributed by atoms with E-state index in [2.05, 4.69) is 27.2 Å². The molecule has 152 valence electrons. The molecule has 2 fully saturated rings. The normalized spacial score (nSPS) is 20.0. The van der Waals surface area contributed by atoms with Crippen LogP contribution in [0.2, 0.25) is 0 Å². The lowest BCUT2D eigenvalue weighted by Crippen LogP contribution is -2.54. The number of benzene rings is 1. The van der Waals surface area contributed by atoms with Gasteiger partial charge in [-0.05, 0) is 50.9 Å². The van der Waals surface area contributed by atoms with E-state index in [9.17, 15) is 0 Å². The number of hydrogen-bond acceptors (Lipinski definition) is 4. The second-order valence-corrected chi connectivity index (χ2v) is 6.82. The molecule has 0 amide bonds. The summed E-state index contributed by atoms with van der Waals surface area (Å²) in [5, 5.41) is 3.50. The second-order valence-electron chi connectivity index (χ2n) is 6.82. The summed E-state index contributed by atoms with van der Waals surface area (Å²) in [4.78, 5) is 5.39. The summed E-state index contributed by atoms with van der Waals surface area (Å²) in [7, 11) is 1.73. The molecule has 7 heteroatoms. The standard InChI is InChI=1S/C19H31N3O.3ClH/c1-23-19-10-3-2-9-18(19)20-11-5-7-12-21-14-15-22-13-6-4-8-17(22)16-21;;;/h2-3,9-10,17,20H,4-8,11-16H2,1H3;3*1H. The highest BCUT2D eigenvalue weighted by molar-refractivity contribution is 5.86. The number of rotatable bonds is 7. The van der Waals surface area contributed by atoms with Crippen LogP contribution in [0.4, 0.5) is 5.69 Å². The number of unbranched alkanes of at least 4 members (excludes halogenated alkanes) is 1. The van der Waals surface area contributed by atoms with Crippen molar-refractivity contribution in [1.82, 2.24) is 9.80 Å². The van der Waals surface area contributed by atoms with Gasteiger partial charge in [-0.1, -0.05) is 18.6 Å². The number of nitrogens with zero attached hydrogens (tertiary/aromatic N) is 2. The Bertz CT molecular complexity index is 493. The minimum absolute atomic E-state index is 0. The molecule has 26 heavy (non-hydrogen) atoms. The van der Waals surface area contributed by atoms with E-state index in [0.29, 0.717) is 0 Å². The van der Waals surface area contributed by atoms with E-state index in [1.54, 1.807) is 7.11 Å². The summed E-state index contributed by atoms with van der Waals surface area (Å²) in [6, 6.07) is 8.99. The minimum Gasteiger partial charge on any atom is -0.495 e. The lowest BCUT2D eigenvalue weighted by atomic mass is 9.99. The summed E-state index contributed by atoms with van der Waals surface area (Å²) in [5.74, 6) is 0.931. The van der Waals surface area contributed by atoms with Crippen LogP contribution in [0.5, 0.6) is 5.75 Å². The molecule has 0 bridgehead atoms. The van der Waals surface area contributed by atoms with Gasteiger partial charge >= 0.3 is 0 Å². The molecule has 1 atom stereocenters. The molecule has 2 aliphatic heterocycles. The molecule has 4 nitrogen and oxygen atoms in total. The number of fused-ring (bicyclic) bond motifs is 1. The first-order chi connectivity index (χ1) is 11.4. The van der Waals surface area contributed by atoms with Crippen LogP contribution in [0, 0.1) is 0 Å². The van der Waals surface area contributed by atoms with Gasteiger partial charge in [0.2, 0.25) is 0 Å². The Balaban J connectivity index is 0.00000208. The van der Waals surface area contributed by atoms with Crippen LogP contribution in [0.25, 0.3) is 0 Å². The van der Waals surface area contributed by atoms with Gasteiger partial charge in [-0.25, -0.2) is 0 Å². The Morgan fingerprint density at radius 3 is 2.65 bits per heavy atom. The van der Waals surface area contributed by atoms with Crippen molar-refractivity contribution in [1.29, 1.82) is 0 Å². The maximum atomic E-state index is 5.37. The molecule has 0 spiro atoms. The molecule has 1 N–H and O–H groups in total. The summed E-state index contributed by atoms with van der Waals surface area (Å²) in [5.41, 5.74) is 1.10. The quantitative estimate of drug-likeness (QED) is 0.657. The minimum atomic E-state index is 0. The van der Waals surface area contributed by atoms with Crippen molar-refractivity contribution in [2.45, 2.75) is 38.1 Å². The number of piperazine rings is 1. The van der Waals surface area contributed by atoms with Gasteiger partial charge in [0, 0.05) is 32.2 Å². The van der Waals surface area contributed by atoms with Gasteiger partial charge in [-0.15, -0.1) is 37.2 Å². The van der Waals surface area contributed by atoms with Crippen molar-refractivity contribution in [3.05, 3.63) is 24.3 Å². The van der Waals surface area contributed by atoms with Crippen LogP contribution in [-0.2, 0) is 0 Å². The SMILES string of the molecule is COc1ccccc1NCCCCN1CCN2CCCCC2C1.Cl.Cl.Cl. The number of halogens is 3. The molecule has 0 saturated carbocycles. The third-order valence-electron chi connectivity index (χ3n) is 5.25. The fraction of sp³-hybridized carbons (Fsp3) is 0.684. The van der Waals surface area contributed by atoms with E-state index >= 15 is 0 Å². The number of nitrogens with one attached hydrogen (secondary N) is 1. The molecule has 0 aromatic heterocycles. The van der Waals surface area contributed by atoms with Crippen molar-refractivity contribution in [2.75, 3.05) is 51.7 Å². The lowest BCUT2D eigenvalue weighted by Gasteiger charge is -2.44. The molecule has 0 aliphatic carbocycles. The van der Waals surface area contributed by atoms with Crippen LogP contribution >= 0.6 is 37.2 Å². The number of anilines is 1. The molecule has 1 aromatic carbocycles. The monoisotopic (exact) mass is 425 g/mol. The van der Waals surface area contributed by atoms with E-state index in [1.165, 1.54) is 64.8 Å². The van der Waals surface area contributed by atoms with E-state index in [4.69, 9.17) is 4.74 Å². The van der Waals surface area contributed by atoms with Crippen molar-refractivity contribution in [3.63, 3.8) is 0 Å². The second kappa shape index (κ2) is 13.7. The summed E-state index contributed by atoms with van der Waals surface area (Å²) in [6.07, 6.45) is 6.73. The third-order valence-corrected chi connectivity index (χ3v) is 5.25. The Morgan fingerprint density at radius 1 is 1.04 bits per heavy atom. The van der Waals surface area contributed by atoms with Gasteiger partial charge in [0.05, 0.1) is 12.8 Å². The number of hydrogen-bond donors (Lipinski definition) is 1. The van der Waals surface area contributed by atoms with Gasteiger partial charge in [0.15, 0.2) is 0 Å². The van der Waals surface area contributed by atoms with Crippen molar-refractivity contribution in [3.8, 4) is 5.75 Å². The average molecular weight is 427 g/mol. The Kier molecular flexibility index (Phi) is 13.5. The van der Waals surface area contributed by atoms with E-state index in [1.807, 2.05) is 12.1 Å². The third kappa shape index (κ3) is 7.32. The highest BCUT2D eigenvalue weighted by Gasteiger charge is 2.28. The molecular formula is C19H34Cl3N3O.